The van der Waals surface area contributed by atoms with E-state index in [1.54, 1.807) is 30.4 Å². The standard InChI is InChI=1S/C16H19ClN2OS2/c1-19-13-6-9-21-16(13)15(18-7-3-8-20-2)12-5-4-11(17)10-14(12)22-19/h4-6,9-10,15,18H,3,7-8H2,1-2H3. The van der Waals surface area contributed by atoms with Crippen molar-refractivity contribution >= 4 is 40.6 Å². The second-order valence-corrected chi connectivity index (χ2v) is 7.73. The molecule has 2 heterocycles. The molecule has 1 unspecified atom stereocenters. The number of nitrogens with one attached hydrogen (secondary N) is 1. The van der Waals surface area contributed by atoms with Gasteiger partial charge in [0, 0.05) is 30.7 Å². The van der Waals surface area contributed by atoms with E-state index in [0.717, 1.165) is 24.6 Å². The number of methoxy groups -OCH3 is 1. The number of ether oxygens (including phenoxy) is 1. The Morgan fingerprint density at radius 1 is 1.36 bits per heavy atom. The monoisotopic (exact) mass is 354 g/mol. The first-order valence-corrected chi connectivity index (χ1v) is 9.24. The third-order valence-corrected chi connectivity index (χ3v) is 5.90. The Morgan fingerprint density at radius 3 is 3.05 bits per heavy atom. The lowest BCUT2D eigenvalue weighted by Gasteiger charge is -2.19. The Morgan fingerprint density at radius 2 is 2.23 bits per heavy atom. The molecule has 22 heavy (non-hydrogen) atoms. The lowest BCUT2D eigenvalue weighted by atomic mass is 10.0. The molecule has 1 aliphatic heterocycles. The molecule has 0 saturated carbocycles. The fourth-order valence-corrected chi connectivity index (χ4v) is 4.95. The van der Waals surface area contributed by atoms with E-state index in [9.17, 15) is 0 Å². The molecular formula is C16H19ClN2OS2. The zero-order valence-corrected chi connectivity index (χ0v) is 15.0. The first kappa shape index (κ1) is 16.1. The van der Waals surface area contributed by atoms with Gasteiger partial charge in [-0.2, -0.15) is 0 Å². The molecule has 3 rings (SSSR count). The summed E-state index contributed by atoms with van der Waals surface area (Å²) in [5.41, 5.74) is 2.56. The van der Waals surface area contributed by atoms with Crippen LogP contribution in [0.15, 0.2) is 34.5 Å². The van der Waals surface area contributed by atoms with Crippen LogP contribution in [0.1, 0.15) is 22.9 Å². The van der Waals surface area contributed by atoms with Crippen LogP contribution in [-0.4, -0.2) is 27.3 Å². The van der Waals surface area contributed by atoms with Gasteiger partial charge >= 0.3 is 0 Å². The van der Waals surface area contributed by atoms with Crippen molar-refractivity contribution < 1.29 is 4.74 Å². The van der Waals surface area contributed by atoms with Crippen molar-refractivity contribution in [2.24, 2.45) is 0 Å². The van der Waals surface area contributed by atoms with Gasteiger partial charge in [-0.05, 0) is 54.1 Å². The highest BCUT2D eigenvalue weighted by Gasteiger charge is 2.27. The molecule has 0 fully saturated rings. The lowest BCUT2D eigenvalue weighted by Crippen LogP contribution is -2.24. The average Bonchev–Trinajstić information content (AvgIpc) is 2.94. The predicted octanol–water partition coefficient (Wildman–Crippen LogP) is 4.57. The number of rotatable bonds is 5. The Hall–Kier alpha value is -0.720. The Balaban J connectivity index is 1.95. The normalized spacial score (nSPS) is 17.0. The minimum Gasteiger partial charge on any atom is -0.385 e. The van der Waals surface area contributed by atoms with Crippen molar-refractivity contribution in [3.63, 3.8) is 0 Å². The first-order chi connectivity index (χ1) is 10.7. The zero-order valence-electron chi connectivity index (χ0n) is 12.6. The van der Waals surface area contributed by atoms with Crippen LogP contribution in [0.4, 0.5) is 5.69 Å². The third-order valence-electron chi connectivity index (χ3n) is 3.67. The number of fused-ring (bicyclic) bond motifs is 2. The molecule has 2 aromatic rings. The van der Waals surface area contributed by atoms with Crippen LogP contribution in [0.25, 0.3) is 0 Å². The number of benzene rings is 1. The number of anilines is 1. The minimum atomic E-state index is 0.205. The van der Waals surface area contributed by atoms with Crippen molar-refractivity contribution in [2.75, 3.05) is 31.6 Å². The van der Waals surface area contributed by atoms with Crippen LogP contribution >= 0.6 is 34.9 Å². The van der Waals surface area contributed by atoms with Gasteiger partial charge in [-0.25, -0.2) is 0 Å². The van der Waals surface area contributed by atoms with Gasteiger partial charge in [-0.3, -0.25) is 0 Å². The fourth-order valence-electron chi connectivity index (χ4n) is 2.62. The second kappa shape index (κ2) is 7.23. The number of thiophene rings is 1. The first-order valence-electron chi connectivity index (χ1n) is 7.21. The van der Waals surface area contributed by atoms with E-state index in [1.807, 2.05) is 6.07 Å². The quantitative estimate of drug-likeness (QED) is 0.627. The SMILES string of the molecule is COCCCNC1c2ccc(Cl)cc2SN(C)c2ccsc21. The van der Waals surface area contributed by atoms with Crippen molar-refractivity contribution in [3.8, 4) is 0 Å². The van der Waals surface area contributed by atoms with Gasteiger partial charge < -0.3 is 14.4 Å². The van der Waals surface area contributed by atoms with E-state index in [0.29, 0.717) is 0 Å². The van der Waals surface area contributed by atoms with E-state index in [1.165, 1.54) is 21.0 Å². The fraction of sp³-hybridized carbons (Fsp3) is 0.375. The van der Waals surface area contributed by atoms with Crippen LogP contribution in [-0.2, 0) is 4.74 Å². The summed E-state index contributed by atoms with van der Waals surface area (Å²) in [6, 6.07) is 8.56. The molecule has 0 aliphatic carbocycles. The summed E-state index contributed by atoms with van der Waals surface area (Å²) in [4.78, 5) is 2.57. The van der Waals surface area contributed by atoms with Gasteiger partial charge in [-0.15, -0.1) is 11.3 Å². The summed E-state index contributed by atoms with van der Waals surface area (Å²) in [7, 11) is 3.85. The highest BCUT2D eigenvalue weighted by atomic mass is 35.5. The van der Waals surface area contributed by atoms with Crippen molar-refractivity contribution in [1.82, 2.24) is 5.32 Å². The molecular weight excluding hydrogens is 336 g/mol. The Bertz CT molecular complexity index is 647. The molecule has 1 aromatic carbocycles. The maximum Gasteiger partial charge on any atom is 0.0703 e. The van der Waals surface area contributed by atoms with E-state index < -0.39 is 0 Å². The average molecular weight is 355 g/mol. The minimum absolute atomic E-state index is 0.205. The summed E-state index contributed by atoms with van der Waals surface area (Å²) in [6.07, 6.45) is 1.000. The van der Waals surface area contributed by atoms with Crippen LogP contribution in [0, 0.1) is 0 Å². The Kier molecular flexibility index (Phi) is 5.31. The predicted molar refractivity (Wildman–Crippen MR) is 96.4 cm³/mol. The number of hydrogen-bond acceptors (Lipinski definition) is 5. The molecule has 0 saturated heterocycles. The summed E-state index contributed by atoms with van der Waals surface area (Å²) >= 11 is 9.72. The number of hydrogen-bond donors (Lipinski definition) is 1. The van der Waals surface area contributed by atoms with E-state index in [4.69, 9.17) is 16.3 Å². The van der Waals surface area contributed by atoms with Crippen LogP contribution in [0.3, 0.4) is 0 Å². The summed E-state index contributed by atoms with van der Waals surface area (Å²) in [5.74, 6) is 0. The Labute approximate surface area is 144 Å². The molecule has 0 amide bonds. The molecule has 1 atom stereocenters. The number of nitrogens with zero attached hydrogens (tertiary/aromatic N) is 1. The van der Waals surface area contributed by atoms with Gasteiger partial charge in [0.1, 0.15) is 0 Å². The zero-order chi connectivity index (χ0) is 15.5. The van der Waals surface area contributed by atoms with E-state index in [2.05, 4.69) is 40.2 Å². The highest BCUT2D eigenvalue weighted by Crippen LogP contribution is 2.45. The van der Waals surface area contributed by atoms with Crippen molar-refractivity contribution in [3.05, 3.63) is 45.1 Å². The van der Waals surface area contributed by atoms with Crippen molar-refractivity contribution in [1.29, 1.82) is 0 Å². The van der Waals surface area contributed by atoms with Crippen LogP contribution in [0.2, 0.25) is 5.02 Å². The van der Waals surface area contributed by atoms with Gasteiger partial charge in [0.2, 0.25) is 0 Å². The van der Waals surface area contributed by atoms with Crippen molar-refractivity contribution in [2.45, 2.75) is 17.4 Å². The van der Waals surface area contributed by atoms with Gasteiger partial charge in [0.15, 0.2) is 0 Å². The van der Waals surface area contributed by atoms with E-state index in [-0.39, 0.29) is 6.04 Å². The molecule has 0 radical (unpaired) electrons. The highest BCUT2D eigenvalue weighted by molar-refractivity contribution is 8.00. The van der Waals surface area contributed by atoms with Crippen LogP contribution < -0.4 is 9.62 Å². The van der Waals surface area contributed by atoms with Crippen LogP contribution in [0.5, 0.6) is 0 Å². The smallest absolute Gasteiger partial charge is 0.0703 e. The summed E-state index contributed by atoms with van der Waals surface area (Å²) in [5, 5.41) is 6.62. The maximum atomic E-state index is 6.19. The molecule has 6 heteroatoms. The third kappa shape index (κ3) is 3.29. The topological polar surface area (TPSA) is 24.5 Å². The molecule has 1 aromatic heterocycles. The maximum absolute atomic E-state index is 6.19. The largest absolute Gasteiger partial charge is 0.385 e. The molecule has 0 bridgehead atoms. The summed E-state index contributed by atoms with van der Waals surface area (Å²) in [6.45, 7) is 1.70. The lowest BCUT2D eigenvalue weighted by molar-refractivity contribution is 0.193. The number of halogens is 1. The molecule has 0 spiro atoms. The molecule has 118 valence electrons. The molecule has 1 N–H and O–H groups in total. The van der Waals surface area contributed by atoms with E-state index >= 15 is 0 Å². The summed E-state index contributed by atoms with van der Waals surface area (Å²) < 4.78 is 7.37. The van der Waals surface area contributed by atoms with Gasteiger partial charge in [-0.1, -0.05) is 17.7 Å². The van der Waals surface area contributed by atoms with Gasteiger partial charge in [0.25, 0.3) is 0 Å². The van der Waals surface area contributed by atoms with Gasteiger partial charge in [0.05, 0.1) is 16.6 Å². The molecule has 3 nitrogen and oxygen atoms in total. The molecule has 1 aliphatic rings. The second-order valence-electron chi connectivity index (χ2n) is 5.17.